The van der Waals surface area contributed by atoms with E-state index in [0.29, 0.717) is 35.6 Å². The van der Waals surface area contributed by atoms with Crippen LogP contribution in [0.25, 0.3) is 5.78 Å². The molecule has 0 saturated heterocycles. The Morgan fingerprint density at radius 1 is 1.20 bits per heavy atom. The summed E-state index contributed by atoms with van der Waals surface area (Å²) in [5.74, 6) is 0.625. The Morgan fingerprint density at radius 2 is 1.93 bits per heavy atom. The number of hydrogen-bond acceptors (Lipinski definition) is 5. The van der Waals surface area contributed by atoms with Crippen LogP contribution in [0.3, 0.4) is 0 Å². The highest BCUT2D eigenvalue weighted by molar-refractivity contribution is 5.52. The standard InChI is InChI=1S/C19H20F4N6O/c1-11-8-28-16(26-29(17(28)30)10-18(2,3)20)25-15(11)27-5-4-14-12(9-27)6-13(7-24-14)19(21,22)23/h6-8H,4-5,9-10H2,1-3H3. The summed E-state index contributed by atoms with van der Waals surface area (Å²) < 4.78 is 55.3. The van der Waals surface area contributed by atoms with Crippen LogP contribution in [-0.4, -0.2) is 36.4 Å². The maximum absolute atomic E-state index is 14.0. The van der Waals surface area contributed by atoms with Gasteiger partial charge in [-0.25, -0.2) is 18.3 Å². The number of rotatable bonds is 3. The van der Waals surface area contributed by atoms with E-state index in [-0.39, 0.29) is 18.9 Å². The molecule has 4 heterocycles. The van der Waals surface area contributed by atoms with E-state index in [1.165, 1.54) is 18.2 Å². The van der Waals surface area contributed by atoms with Gasteiger partial charge in [0.25, 0.3) is 5.78 Å². The third kappa shape index (κ3) is 3.75. The maximum atomic E-state index is 14.0. The van der Waals surface area contributed by atoms with Crippen LogP contribution in [0.15, 0.2) is 23.3 Å². The minimum absolute atomic E-state index is 0.109. The number of fused-ring (bicyclic) bond motifs is 2. The van der Waals surface area contributed by atoms with Crippen molar-refractivity contribution < 1.29 is 17.6 Å². The van der Waals surface area contributed by atoms with Gasteiger partial charge in [0.15, 0.2) is 0 Å². The quantitative estimate of drug-likeness (QED) is 0.605. The fourth-order valence-electron chi connectivity index (χ4n) is 3.57. The molecule has 0 aromatic carbocycles. The Balaban J connectivity index is 1.70. The van der Waals surface area contributed by atoms with Crippen molar-refractivity contribution in [3.63, 3.8) is 0 Å². The first-order chi connectivity index (χ1) is 13.9. The van der Waals surface area contributed by atoms with Crippen LogP contribution in [0.2, 0.25) is 0 Å². The zero-order valence-corrected chi connectivity index (χ0v) is 16.7. The molecule has 11 heteroatoms. The summed E-state index contributed by atoms with van der Waals surface area (Å²) in [6.07, 6.45) is -1.57. The molecule has 7 nitrogen and oxygen atoms in total. The number of aromatic nitrogens is 5. The van der Waals surface area contributed by atoms with Gasteiger partial charge in [0.2, 0.25) is 0 Å². The predicted octanol–water partition coefficient (Wildman–Crippen LogP) is 2.92. The second-order valence-corrected chi connectivity index (χ2v) is 8.08. The molecule has 1 aliphatic heterocycles. The molecule has 0 bridgehead atoms. The minimum Gasteiger partial charge on any atom is -0.351 e. The first kappa shape index (κ1) is 20.3. The second kappa shape index (κ2) is 6.78. The maximum Gasteiger partial charge on any atom is 0.417 e. The summed E-state index contributed by atoms with van der Waals surface area (Å²) in [4.78, 5) is 22.7. The molecule has 1 aliphatic rings. The van der Waals surface area contributed by atoms with Crippen molar-refractivity contribution >= 4 is 11.6 Å². The molecule has 0 fully saturated rings. The number of alkyl halides is 4. The van der Waals surface area contributed by atoms with Gasteiger partial charge in [-0.1, -0.05) is 0 Å². The summed E-state index contributed by atoms with van der Waals surface area (Å²) in [5, 5.41) is 4.11. The van der Waals surface area contributed by atoms with Crippen molar-refractivity contribution in [2.75, 3.05) is 11.4 Å². The van der Waals surface area contributed by atoms with Gasteiger partial charge in [0, 0.05) is 43.2 Å². The van der Waals surface area contributed by atoms with Gasteiger partial charge in [-0.3, -0.25) is 4.98 Å². The molecule has 3 aromatic rings. The lowest BCUT2D eigenvalue weighted by Gasteiger charge is -2.30. The number of aryl methyl sites for hydroxylation is 1. The van der Waals surface area contributed by atoms with Crippen LogP contribution in [0.4, 0.5) is 23.4 Å². The highest BCUT2D eigenvalue weighted by Gasteiger charge is 2.33. The average Bonchev–Trinajstić information content (AvgIpc) is 2.93. The molecule has 160 valence electrons. The predicted molar refractivity (Wildman–Crippen MR) is 101 cm³/mol. The Hall–Kier alpha value is -2.98. The smallest absolute Gasteiger partial charge is 0.351 e. The fraction of sp³-hybridized carbons (Fsp3) is 0.474. The molecule has 3 aromatic heterocycles. The lowest BCUT2D eigenvalue weighted by molar-refractivity contribution is -0.137. The van der Waals surface area contributed by atoms with Crippen LogP contribution in [-0.2, 0) is 25.7 Å². The van der Waals surface area contributed by atoms with E-state index in [4.69, 9.17) is 0 Å². The van der Waals surface area contributed by atoms with Crippen molar-refractivity contribution in [2.45, 2.75) is 52.1 Å². The molecule has 0 unspecified atom stereocenters. The molecular formula is C19H20F4N6O. The summed E-state index contributed by atoms with van der Waals surface area (Å²) in [5.41, 5.74) is -1.14. The Kier molecular flexibility index (Phi) is 4.59. The number of halogens is 4. The van der Waals surface area contributed by atoms with Crippen LogP contribution in [0, 0.1) is 6.92 Å². The molecule has 0 radical (unpaired) electrons. The van der Waals surface area contributed by atoms with Crippen LogP contribution in [0.5, 0.6) is 0 Å². The van der Waals surface area contributed by atoms with E-state index in [2.05, 4.69) is 15.1 Å². The normalized spacial score (nSPS) is 15.0. The minimum atomic E-state index is -4.46. The van der Waals surface area contributed by atoms with E-state index in [9.17, 15) is 22.4 Å². The zero-order chi connectivity index (χ0) is 21.8. The lowest BCUT2D eigenvalue weighted by Crippen LogP contribution is -2.33. The van der Waals surface area contributed by atoms with E-state index in [1.807, 2.05) is 4.90 Å². The highest BCUT2D eigenvalue weighted by atomic mass is 19.4. The molecule has 4 rings (SSSR count). The van der Waals surface area contributed by atoms with Crippen molar-refractivity contribution in [3.05, 3.63) is 51.3 Å². The van der Waals surface area contributed by atoms with Gasteiger partial charge >= 0.3 is 11.9 Å². The number of anilines is 1. The van der Waals surface area contributed by atoms with Crippen molar-refractivity contribution in [2.24, 2.45) is 0 Å². The van der Waals surface area contributed by atoms with Crippen LogP contribution >= 0.6 is 0 Å². The van der Waals surface area contributed by atoms with E-state index >= 15 is 0 Å². The molecule has 0 aliphatic carbocycles. The molecule has 0 N–H and O–H groups in total. The number of hydrogen-bond donors (Lipinski definition) is 0. The molecule has 30 heavy (non-hydrogen) atoms. The summed E-state index contributed by atoms with van der Waals surface area (Å²) in [6.45, 7) is 4.96. The largest absolute Gasteiger partial charge is 0.417 e. The summed E-state index contributed by atoms with van der Waals surface area (Å²) in [6, 6.07) is 1.12. The second-order valence-electron chi connectivity index (χ2n) is 8.08. The van der Waals surface area contributed by atoms with Crippen molar-refractivity contribution in [1.82, 2.24) is 24.1 Å². The third-order valence-electron chi connectivity index (χ3n) is 4.93. The highest BCUT2D eigenvalue weighted by Crippen LogP contribution is 2.32. The summed E-state index contributed by atoms with van der Waals surface area (Å²) >= 11 is 0. The van der Waals surface area contributed by atoms with Gasteiger partial charge in [-0.15, -0.1) is 5.10 Å². The van der Waals surface area contributed by atoms with Gasteiger partial charge in [0.05, 0.1) is 12.1 Å². The van der Waals surface area contributed by atoms with Crippen molar-refractivity contribution in [1.29, 1.82) is 0 Å². The Morgan fingerprint density at radius 3 is 2.60 bits per heavy atom. The zero-order valence-electron chi connectivity index (χ0n) is 16.7. The van der Waals surface area contributed by atoms with Gasteiger partial charge in [0.1, 0.15) is 11.5 Å². The monoisotopic (exact) mass is 424 g/mol. The molecule has 0 spiro atoms. The lowest BCUT2D eigenvalue weighted by atomic mass is 10.0. The number of pyridine rings is 1. The van der Waals surface area contributed by atoms with Gasteiger partial charge in [-0.2, -0.15) is 18.2 Å². The van der Waals surface area contributed by atoms with E-state index in [0.717, 1.165) is 16.9 Å². The number of nitrogens with zero attached hydrogens (tertiary/aromatic N) is 6. The SMILES string of the molecule is Cc1cn2c(=O)n(CC(C)(C)F)nc2nc1N1CCc2ncc(C(F)(F)F)cc2C1. The summed E-state index contributed by atoms with van der Waals surface area (Å²) in [7, 11) is 0. The molecular weight excluding hydrogens is 404 g/mol. The molecule has 0 saturated carbocycles. The third-order valence-corrected chi connectivity index (χ3v) is 4.93. The average molecular weight is 424 g/mol. The van der Waals surface area contributed by atoms with Crippen LogP contribution in [0.1, 0.15) is 36.2 Å². The Bertz CT molecular complexity index is 1170. The van der Waals surface area contributed by atoms with E-state index < -0.39 is 23.1 Å². The van der Waals surface area contributed by atoms with Crippen LogP contribution < -0.4 is 10.6 Å². The Labute approximate surface area is 169 Å². The molecule has 0 amide bonds. The van der Waals surface area contributed by atoms with Gasteiger partial charge < -0.3 is 4.90 Å². The first-order valence-electron chi connectivity index (χ1n) is 9.38. The fourth-order valence-corrected chi connectivity index (χ4v) is 3.57. The van der Waals surface area contributed by atoms with E-state index in [1.54, 1.807) is 13.1 Å². The van der Waals surface area contributed by atoms with Crippen molar-refractivity contribution in [3.8, 4) is 0 Å². The topological polar surface area (TPSA) is 68.3 Å². The first-order valence-corrected chi connectivity index (χ1v) is 9.38. The van der Waals surface area contributed by atoms with Gasteiger partial charge in [-0.05, 0) is 32.4 Å². The molecule has 0 atom stereocenters.